The molecule has 1 atom stereocenters. The van der Waals surface area contributed by atoms with Gasteiger partial charge in [0.05, 0.1) is 12.1 Å². The molecule has 0 spiro atoms. The molecular weight excluding hydrogens is 462 g/mol. The standard InChI is InChI=1S/C34H35NO.C2H6/c1-3-4-6-12-25(2)21-22-36-34-31-23-28(30-18-11-16-26-15-9-10-17-29(26)30)19-20-33(31)35-24-32(34)27-13-7-5-8-14-27;1-2/h5,7-11,13-20,23-25H,3-4,6,12,21-22H2,1-2H3;1-2H3. The molecule has 2 heteroatoms. The summed E-state index contributed by atoms with van der Waals surface area (Å²) >= 11 is 0. The molecule has 1 aromatic heterocycles. The van der Waals surface area contributed by atoms with Gasteiger partial charge in [-0.1, -0.05) is 132 Å². The molecule has 196 valence electrons. The molecule has 5 aromatic rings. The van der Waals surface area contributed by atoms with Crippen LogP contribution in [-0.2, 0) is 0 Å². The molecule has 0 aliphatic rings. The Kier molecular flexibility index (Phi) is 9.92. The summed E-state index contributed by atoms with van der Waals surface area (Å²) in [6.45, 7) is 9.32. The van der Waals surface area contributed by atoms with E-state index >= 15 is 0 Å². The summed E-state index contributed by atoms with van der Waals surface area (Å²) in [7, 11) is 0. The van der Waals surface area contributed by atoms with Gasteiger partial charge < -0.3 is 4.74 Å². The first-order valence-electron chi connectivity index (χ1n) is 14.3. The van der Waals surface area contributed by atoms with Crippen molar-refractivity contribution in [2.45, 2.75) is 59.8 Å². The van der Waals surface area contributed by atoms with Crippen LogP contribution in [0.15, 0.2) is 97.2 Å². The highest BCUT2D eigenvalue weighted by Crippen LogP contribution is 2.39. The molecule has 0 aliphatic heterocycles. The number of fused-ring (bicyclic) bond motifs is 2. The average molecular weight is 504 g/mol. The molecule has 0 fully saturated rings. The SMILES string of the molecule is CC.CCCCCC(C)CCOc1c(-c2ccccc2)cnc2ccc(-c3cccc4ccccc34)cc12. The topological polar surface area (TPSA) is 22.1 Å². The fourth-order valence-electron chi connectivity index (χ4n) is 5.04. The lowest BCUT2D eigenvalue weighted by atomic mass is 9.96. The Bertz CT molecular complexity index is 1440. The second-order valence-electron chi connectivity index (χ2n) is 9.86. The van der Waals surface area contributed by atoms with Gasteiger partial charge >= 0.3 is 0 Å². The molecule has 0 saturated heterocycles. The predicted octanol–water partition coefficient (Wildman–Crippen LogP) is 10.7. The van der Waals surface area contributed by atoms with Crippen LogP contribution in [0.5, 0.6) is 5.75 Å². The molecular formula is C36H41NO. The van der Waals surface area contributed by atoms with Gasteiger partial charge in [-0.25, -0.2) is 0 Å². The summed E-state index contributed by atoms with van der Waals surface area (Å²) in [5.74, 6) is 1.60. The normalized spacial score (nSPS) is 11.7. The highest BCUT2D eigenvalue weighted by Gasteiger charge is 2.15. The third kappa shape index (κ3) is 6.42. The van der Waals surface area contributed by atoms with E-state index in [2.05, 4.69) is 105 Å². The van der Waals surface area contributed by atoms with E-state index in [-0.39, 0.29) is 0 Å². The van der Waals surface area contributed by atoms with Crippen LogP contribution >= 0.6 is 0 Å². The molecule has 1 heterocycles. The minimum Gasteiger partial charge on any atom is -0.492 e. The molecule has 0 saturated carbocycles. The van der Waals surface area contributed by atoms with Crippen molar-refractivity contribution in [2.24, 2.45) is 5.92 Å². The van der Waals surface area contributed by atoms with Crippen molar-refractivity contribution in [1.29, 1.82) is 0 Å². The molecule has 0 radical (unpaired) electrons. The minimum absolute atomic E-state index is 0.663. The van der Waals surface area contributed by atoms with E-state index in [9.17, 15) is 0 Å². The van der Waals surface area contributed by atoms with E-state index in [0.29, 0.717) is 12.5 Å². The van der Waals surface area contributed by atoms with E-state index < -0.39 is 0 Å². The number of benzene rings is 4. The maximum Gasteiger partial charge on any atom is 0.138 e. The van der Waals surface area contributed by atoms with E-state index in [1.54, 1.807) is 0 Å². The van der Waals surface area contributed by atoms with Crippen molar-refractivity contribution in [3.8, 4) is 28.0 Å². The predicted molar refractivity (Wildman–Crippen MR) is 165 cm³/mol. The zero-order valence-corrected chi connectivity index (χ0v) is 23.4. The van der Waals surface area contributed by atoms with E-state index in [1.807, 2.05) is 20.0 Å². The Balaban J connectivity index is 0.00000164. The van der Waals surface area contributed by atoms with Crippen LogP contribution in [0.4, 0.5) is 0 Å². The third-order valence-electron chi connectivity index (χ3n) is 7.16. The number of ether oxygens (including phenoxy) is 1. The zero-order valence-electron chi connectivity index (χ0n) is 23.4. The van der Waals surface area contributed by atoms with Crippen LogP contribution in [0, 0.1) is 5.92 Å². The van der Waals surface area contributed by atoms with Crippen LogP contribution in [0.25, 0.3) is 43.9 Å². The average Bonchev–Trinajstić information content (AvgIpc) is 2.98. The van der Waals surface area contributed by atoms with E-state index in [0.717, 1.165) is 34.2 Å². The van der Waals surface area contributed by atoms with Crippen molar-refractivity contribution in [2.75, 3.05) is 6.61 Å². The summed E-state index contributed by atoms with van der Waals surface area (Å²) in [5, 5.41) is 3.58. The number of rotatable bonds is 10. The number of hydrogen-bond acceptors (Lipinski definition) is 2. The zero-order chi connectivity index (χ0) is 26.7. The summed E-state index contributed by atoms with van der Waals surface area (Å²) < 4.78 is 6.62. The number of aromatic nitrogens is 1. The maximum absolute atomic E-state index is 6.62. The summed E-state index contributed by atoms with van der Waals surface area (Å²) in [5.41, 5.74) is 5.56. The first-order chi connectivity index (χ1) is 18.7. The molecule has 0 aliphatic carbocycles. The Labute approximate surface area is 228 Å². The highest BCUT2D eigenvalue weighted by atomic mass is 16.5. The fourth-order valence-corrected chi connectivity index (χ4v) is 5.04. The van der Waals surface area contributed by atoms with Gasteiger partial charge in [0.25, 0.3) is 0 Å². The number of unbranched alkanes of at least 4 members (excludes halogenated alkanes) is 2. The summed E-state index contributed by atoms with van der Waals surface area (Å²) in [4.78, 5) is 4.83. The van der Waals surface area contributed by atoms with Gasteiger partial charge in [-0.2, -0.15) is 0 Å². The maximum atomic E-state index is 6.62. The Morgan fingerprint density at radius 3 is 2.29 bits per heavy atom. The monoisotopic (exact) mass is 503 g/mol. The summed E-state index contributed by atoms with van der Waals surface area (Å²) in [6, 6.07) is 32.1. The quantitative estimate of drug-likeness (QED) is 0.177. The van der Waals surface area contributed by atoms with Crippen molar-refractivity contribution >= 4 is 21.7 Å². The molecule has 2 nitrogen and oxygen atoms in total. The Hall–Kier alpha value is -3.65. The molecule has 0 N–H and O–H groups in total. The Morgan fingerprint density at radius 2 is 1.47 bits per heavy atom. The van der Waals surface area contributed by atoms with Gasteiger partial charge in [0.15, 0.2) is 0 Å². The van der Waals surface area contributed by atoms with Crippen molar-refractivity contribution in [3.05, 3.63) is 97.2 Å². The molecule has 4 aromatic carbocycles. The van der Waals surface area contributed by atoms with Gasteiger partial charge in [-0.15, -0.1) is 0 Å². The number of pyridine rings is 1. The molecule has 1 unspecified atom stereocenters. The lowest BCUT2D eigenvalue weighted by molar-refractivity contribution is 0.280. The first-order valence-corrected chi connectivity index (χ1v) is 14.3. The van der Waals surface area contributed by atoms with Gasteiger partial charge in [-0.05, 0) is 51.9 Å². The molecule has 5 rings (SSSR count). The van der Waals surface area contributed by atoms with Crippen LogP contribution in [-0.4, -0.2) is 11.6 Å². The second kappa shape index (κ2) is 13.8. The number of nitrogens with zero attached hydrogens (tertiary/aromatic N) is 1. The molecule has 0 bridgehead atoms. The second-order valence-corrected chi connectivity index (χ2v) is 9.86. The lowest BCUT2D eigenvalue weighted by Crippen LogP contribution is -2.06. The lowest BCUT2D eigenvalue weighted by Gasteiger charge is -2.17. The summed E-state index contributed by atoms with van der Waals surface area (Å²) in [6.07, 6.45) is 8.19. The van der Waals surface area contributed by atoms with E-state index in [4.69, 9.17) is 9.72 Å². The van der Waals surface area contributed by atoms with Gasteiger partial charge in [0, 0.05) is 17.1 Å². The largest absolute Gasteiger partial charge is 0.492 e. The molecule has 38 heavy (non-hydrogen) atoms. The van der Waals surface area contributed by atoms with Crippen LogP contribution in [0.1, 0.15) is 59.8 Å². The highest BCUT2D eigenvalue weighted by molar-refractivity contribution is 6.00. The van der Waals surface area contributed by atoms with Crippen LogP contribution in [0.2, 0.25) is 0 Å². The van der Waals surface area contributed by atoms with Gasteiger partial charge in [0.1, 0.15) is 5.75 Å². The first kappa shape index (κ1) is 27.4. The van der Waals surface area contributed by atoms with Gasteiger partial charge in [0.2, 0.25) is 0 Å². The smallest absolute Gasteiger partial charge is 0.138 e. The van der Waals surface area contributed by atoms with Crippen molar-refractivity contribution in [1.82, 2.24) is 4.98 Å². The van der Waals surface area contributed by atoms with Gasteiger partial charge in [-0.3, -0.25) is 4.98 Å². The third-order valence-corrected chi connectivity index (χ3v) is 7.16. The van der Waals surface area contributed by atoms with E-state index in [1.165, 1.54) is 47.6 Å². The number of hydrogen-bond donors (Lipinski definition) is 0. The van der Waals surface area contributed by atoms with Crippen LogP contribution in [0.3, 0.4) is 0 Å². The Morgan fingerprint density at radius 1 is 0.711 bits per heavy atom. The van der Waals surface area contributed by atoms with Crippen molar-refractivity contribution in [3.63, 3.8) is 0 Å². The minimum atomic E-state index is 0.663. The van der Waals surface area contributed by atoms with Crippen LogP contribution < -0.4 is 4.74 Å². The molecule has 0 amide bonds. The fraction of sp³-hybridized carbons (Fsp3) is 0.306. The van der Waals surface area contributed by atoms with Crippen molar-refractivity contribution < 1.29 is 4.74 Å².